The highest BCUT2D eigenvalue weighted by atomic mass is 32.2. The van der Waals surface area contributed by atoms with Gasteiger partial charge in [0.05, 0.1) is 4.87 Å². The summed E-state index contributed by atoms with van der Waals surface area (Å²) in [5.74, 6) is -0.722. The molecule has 2 rings (SSSR count). The molecule has 2 atom stereocenters. The van der Waals surface area contributed by atoms with Crippen molar-refractivity contribution in [3.05, 3.63) is 0 Å². The van der Waals surface area contributed by atoms with Crippen molar-refractivity contribution in [1.82, 2.24) is 4.90 Å². The van der Waals surface area contributed by atoms with Gasteiger partial charge in [0.15, 0.2) is 5.12 Å². The number of aliphatic carboxylic acids is 1. The van der Waals surface area contributed by atoms with Crippen molar-refractivity contribution in [1.29, 1.82) is 0 Å². The lowest BCUT2D eigenvalue weighted by Crippen LogP contribution is -2.56. The Morgan fingerprint density at radius 2 is 2.05 bits per heavy atom. The molecule has 1 spiro atoms. The van der Waals surface area contributed by atoms with Crippen LogP contribution in [0, 0.1) is 5.92 Å². The number of carbonyl (C=O) groups is 3. The zero-order valence-electron chi connectivity index (χ0n) is 12.7. The Kier molecular flexibility index (Phi) is 5.79. The van der Waals surface area contributed by atoms with Crippen LogP contribution in [0.5, 0.6) is 0 Å². The van der Waals surface area contributed by atoms with Crippen LogP contribution in [0.4, 0.5) is 0 Å². The van der Waals surface area contributed by atoms with Gasteiger partial charge in [0.25, 0.3) is 0 Å². The molecule has 1 amide bonds. The zero-order valence-corrected chi connectivity index (χ0v) is 14.4. The summed E-state index contributed by atoms with van der Waals surface area (Å²) < 4.78 is 5.37. The molecule has 1 N–H and O–H groups in total. The SMILES string of the molecule is CC(=O)SC[C@@H](C)C(=O)N1[C@H](C(=O)O)CSC12CCOCC2. The minimum Gasteiger partial charge on any atom is -0.480 e. The van der Waals surface area contributed by atoms with Crippen LogP contribution in [0.25, 0.3) is 0 Å². The van der Waals surface area contributed by atoms with E-state index >= 15 is 0 Å². The quantitative estimate of drug-likeness (QED) is 0.823. The fraction of sp³-hybridized carbons (Fsp3) is 0.786. The monoisotopic (exact) mass is 347 g/mol. The molecule has 0 aliphatic carbocycles. The molecule has 0 radical (unpaired) electrons. The fourth-order valence-corrected chi connectivity index (χ4v) is 5.02. The first-order valence-electron chi connectivity index (χ1n) is 7.28. The normalized spacial score (nSPS) is 25.2. The number of hydrogen-bond donors (Lipinski definition) is 1. The third kappa shape index (κ3) is 3.60. The summed E-state index contributed by atoms with van der Waals surface area (Å²) >= 11 is 2.66. The first-order valence-corrected chi connectivity index (χ1v) is 9.25. The van der Waals surface area contributed by atoms with Crippen molar-refractivity contribution in [2.24, 2.45) is 5.92 Å². The van der Waals surface area contributed by atoms with E-state index in [0.29, 0.717) is 37.6 Å². The van der Waals surface area contributed by atoms with E-state index < -0.39 is 16.9 Å². The molecule has 0 saturated carbocycles. The number of carboxylic acids is 1. The predicted molar refractivity (Wildman–Crippen MR) is 85.8 cm³/mol. The number of nitrogens with zero attached hydrogens (tertiary/aromatic N) is 1. The van der Waals surface area contributed by atoms with E-state index in [4.69, 9.17) is 4.74 Å². The van der Waals surface area contributed by atoms with Crippen LogP contribution in [0.2, 0.25) is 0 Å². The number of rotatable bonds is 4. The van der Waals surface area contributed by atoms with Crippen molar-refractivity contribution in [2.45, 2.75) is 37.6 Å². The molecule has 6 nitrogen and oxygen atoms in total. The maximum absolute atomic E-state index is 12.8. The zero-order chi connectivity index (χ0) is 16.3. The van der Waals surface area contributed by atoms with E-state index in [-0.39, 0.29) is 16.9 Å². The summed E-state index contributed by atoms with van der Waals surface area (Å²) in [5.41, 5.74) is 0. The average Bonchev–Trinajstić information content (AvgIpc) is 2.83. The van der Waals surface area contributed by atoms with Gasteiger partial charge < -0.3 is 14.7 Å². The minimum atomic E-state index is -0.962. The Morgan fingerprint density at radius 1 is 1.41 bits per heavy atom. The number of carboxylic acid groups (broad SMARTS) is 1. The van der Waals surface area contributed by atoms with Gasteiger partial charge in [0.1, 0.15) is 6.04 Å². The Bertz CT molecular complexity index is 464. The Balaban J connectivity index is 2.18. The lowest BCUT2D eigenvalue weighted by molar-refractivity contribution is -0.154. The van der Waals surface area contributed by atoms with Crippen LogP contribution in [-0.2, 0) is 19.1 Å². The lowest BCUT2D eigenvalue weighted by Gasteiger charge is -2.42. The fourth-order valence-electron chi connectivity index (χ4n) is 2.82. The third-order valence-corrected chi connectivity index (χ3v) is 6.71. The van der Waals surface area contributed by atoms with Gasteiger partial charge in [-0.25, -0.2) is 4.79 Å². The van der Waals surface area contributed by atoms with Crippen molar-refractivity contribution in [2.75, 3.05) is 24.7 Å². The van der Waals surface area contributed by atoms with Crippen molar-refractivity contribution in [3.63, 3.8) is 0 Å². The Labute approximate surface area is 138 Å². The van der Waals surface area contributed by atoms with E-state index in [2.05, 4.69) is 0 Å². The number of ether oxygens (including phenoxy) is 1. The minimum absolute atomic E-state index is 0.0361. The summed E-state index contributed by atoms with van der Waals surface area (Å²) in [5, 5.41) is 9.41. The first kappa shape index (κ1) is 17.6. The third-order valence-electron chi connectivity index (χ3n) is 4.02. The second-order valence-electron chi connectivity index (χ2n) is 5.64. The molecule has 2 fully saturated rings. The first-order chi connectivity index (χ1) is 10.4. The van der Waals surface area contributed by atoms with Gasteiger partial charge in [-0.3, -0.25) is 9.59 Å². The molecule has 0 unspecified atom stereocenters. The van der Waals surface area contributed by atoms with E-state index in [9.17, 15) is 19.5 Å². The van der Waals surface area contributed by atoms with Crippen LogP contribution >= 0.6 is 23.5 Å². The van der Waals surface area contributed by atoms with E-state index in [0.717, 1.165) is 11.8 Å². The lowest BCUT2D eigenvalue weighted by atomic mass is 10.0. The van der Waals surface area contributed by atoms with E-state index in [1.807, 2.05) is 0 Å². The molecule has 22 heavy (non-hydrogen) atoms. The van der Waals surface area contributed by atoms with E-state index in [1.165, 1.54) is 6.92 Å². The van der Waals surface area contributed by atoms with Gasteiger partial charge >= 0.3 is 5.97 Å². The highest BCUT2D eigenvalue weighted by Crippen LogP contribution is 2.47. The molecule has 0 aromatic heterocycles. The maximum Gasteiger partial charge on any atom is 0.327 e. The molecule has 2 aliphatic heterocycles. The van der Waals surface area contributed by atoms with E-state index in [1.54, 1.807) is 23.6 Å². The van der Waals surface area contributed by atoms with Gasteiger partial charge in [0.2, 0.25) is 5.91 Å². The Morgan fingerprint density at radius 3 is 2.59 bits per heavy atom. The van der Waals surface area contributed by atoms with Crippen molar-refractivity contribution in [3.8, 4) is 0 Å². The molecule has 0 bridgehead atoms. The molecule has 124 valence electrons. The molecule has 2 aliphatic rings. The molecular formula is C14H21NO5S2. The Hall–Kier alpha value is -0.730. The van der Waals surface area contributed by atoms with Crippen molar-refractivity contribution < 1.29 is 24.2 Å². The summed E-state index contributed by atoms with van der Waals surface area (Å²) in [6.07, 6.45) is 1.31. The van der Waals surface area contributed by atoms with Crippen LogP contribution < -0.4 is 0 Å². The van der Waals surface area contributed by atoms with Gasteiger partial charge in [-0.05, 0) is 0 Å². The highest BCUT2D eigenvalue weighted by Gasteiger charge is 2.53. The van der Waals surface area contributed by atoms with Crippen LogP contribution in [0.3, 0.4) is 0 Å². The summed E-state index contributed by atoms with van der Waals surface area (Å²) in [4.78, 5) is 36.5. The highest BCUT2D eigenvalue weighted by molar-refractivity contribution is 8.13. The number of carbonyl (C=O) groups excluding carboxylic acids is 2. The summed E-state index contributed by atoms with van der Waals surface area (Å²) in [7, 11) is 0. The van der Waals surface area contributed by atoms with Crippen LogP contribution in [-0.4, -0.2) is 62.6 Å². The molecule has 2 saturated heterocycles. The van der Waals surface area contributed by atoms with Crippen LogP contribution in [0.1, 0.15) is 26.7 Å². The topological polar surface area (TPSA) is 83.9 Å². The maximum atomic E-state index is 12.8. The second kappa shape index (κ2) is 7.23. The molecule has 2 heterocycles. The number of thioether (sulfide) groups is 2. The standard InChI is InChI=1S/C14H21NO5S2/c1-9(7-21-10(2)16)12(17)15-11(13(18)19)8-22-14(15)3-5-20-6-4-14/h9,11H,3-8H2,1-2H3,(H,18,19)/t9-,11+/m1/s1. The number of amides is 1. The molecule has 0 aromatic carbocycles. The van der Waals surface area contributed by atoms with Gasteiger partial charge in [-0.15, -0.1) is 11.8 Å². The predicted octanol–water partition coefficient (Wildman–Crippen LogP) is 1.44. The van der Waals surface area contributed by atoms with Crippen molar-refractivity contribution >= 4 is 40.5 Å². The smallest absolute Gasteiger partial charge is 0.327 e. The van der Waals surface area contributed by atoms with Gasteiger partial charge in [-0.2, -0.15) is 0 Å². The summed E-state index contributed by atoms with van der Waals surface area (Å²) in [6.45, 7) is 4.31. The van der Waals surface area contributed by atoms with Gasteiger partial charge in [0, 0.05) is 50.4 Å². The molecule has 0 aromatic rings. The summed E-state index contributed by atoms with van der Waals surface area (Å²) in [6, 6.07) is -0.791. The molecular weight excluding hydrogens is 326 g/mol. The molecule has 8 heteroatoms. The number of hydrogen-bond acceptors (Lipinski definition) is 6. The van der Waals surface area contributed by atoms with Gasteiger partial charge in [-0.1, -0.05) is 18.7 Å². The average molecular weight is 347 g/mol. The largest absolute Gasteiger partial charge is 0.480 e. The van der Waals surface area contributed by atoms with Crippen LogP contribution in [0.15, 0.2) is 0 Å². The second-order valence-corrected chi connectivity index (χ2v) is 8.21.